The number of ether oxygens (including phenoxy) is 1. The second-order valence-corrected chi connectivity index (χ2v) is 6.45. The molecule has 0 bridgehead atoms. The predicted molar refractivity (Wildman–Crippen MR) is 91.4 cm³/mol. The summed E-state index contributed by atoms with van der Waals surface area (Å²) < 4.78 is 56.9. The smallest absolute Gasteiger partial charge is 0.281 e. The Morgan fingerprint density at radius 3 is 2.40 bits per heavy atom. The summed E-state index contributed by atoms with van der Waals surface area (Å²) in [5, 5.41) is 0. The third-order valence-electron chi connectivity index (χ3n) is 4.44. The number of alkyl halides is 3. The van der Waals surface area contributed by atoms with Crippen LogP contribution in [0.15, 0.2) is 42.5 Å². The monoisotopic (exact) mass is 356 g/mol. The van der Waals surface area contributed by atoms with Crippen LogP contribution in [0.4, 0.5) is 17.6 Å². The Hall–Kier alpha value is -1.62. The maximum absolute atomic E-state index is 13.9. The minimum absolute atomic E-state index is 0.0838. The van der Waals surface area contributed by atoms with Gasteiger partial charge >= 0.3 is 6.36 Å². The third kappa shape index (κ3) is 5.99. The minimum atomic E-state index is -4.70. The number of allylic oxidation sites excluding steroid dienone is 2. The normalized spacial score (nSPS) is 20.6. The van der Waals surface area contributed by atoms with E-state index in [2.05, 4.69) is 11.7 Å². The zero-order chi connectivity index (χ0) is 18.3. The van der Waals surface area contributed by atoms with Crippen LogP contribution in [0.2, 0.25) is 0 Å². The van der Waals surface area contributed by atoms with Crippen LogP contribution in [-0.2, 0) is 4.74 Å². The number of halogens is 4. The molecule has 25 heavy (non-hydrogen) atoms. The van der Waals surface area contributed by atoms with Crippen molar-refractivity contribution in [2.75, 3.05) is 0 Å². The van der Waals surface area contributed by atoms with E-state index in [-0.39, 0.29) is 12.2 Å². The lowest BCUT2D eigenvalue weighted by Gasteiger charge is -2.33. The van der Waals surface area contributed by atoms with E-state index >= 15 is 0 Å². The summed E-state index contributed by atoms with van der Waals surface area (Å²) in [5.74, 6) is -0.387. The van der Waals surface area contributed by atoms with E-state index in [9.17, 15) is 17.6 Å². The highest BCUT2D eigenvalue weighted by Crippen LogP contribution is 2.38. The van der Waals surface area contributed by atoms with Crippen LogP contribution in [0.25, 0.3) is 5.57 Å². The summed E-state index contributed by atoms with van der Waals surface area (Å²) in [6, 6.07) is 6.24. The molecular weight excluding hydrogens is 332 g/mol. The van der Waals surface area contributed by atoms with Gasteiger partial charge in [0, 0.05) is 5.56 Å². The summed E-state index contributed by atoms with van der Waals surface area (Å²) in [6.45, 7) is 2.09. The summed E-state index contributed by atoms with van der Waals surface area (Å²) >= 11 is 0. The molecule has 1 aliphatic carbocycles. The Morgan fingerprint density at radius 2 is 1.80 bits per heavy atom. The summed E-state index contributed by atoms with van der Waals surface area (Å²) in [7, 11) is 0. The van der Waals surface area contributed by atoms with E-state index in [0.717, 1.165) is 25.7 Å². The SMILES string of the molecule is CCCCCCCC1(OC(F)(F)F)C=CC(c2ccccc2F)=CC1. The molecule has 0 saturated heterocycles. The fraction of sp³-hybridized carbons (Fsp3) is 0.500. The highest BCUT2D eigenvalue weighted by atomic mass is 19.4. The summed E-state index contributed by atoms with van der Waals surface area (Å²) in [6.07, 6.45) is 5.04. The first-order chi connectivity index (χ1) is 11.9. The Labute approximate surface area is 146 Å². The molecule has 1 atom stereocenters. The van der Waals surface area contributed by atoms with Gasteiger partial charge in [-0.15, -0.1) is 13.2 Å². The van der Waals surface area contributed by atoms with Gasteiger partial charge in [0.25, 0.3) is 0 Å². The van der Waals surface area contributed by atoms with Crippen molar-refractivity contribution in [3.8, 4) is 0 Å². The maximum Gasteiger partial charge on any atom is 0.523 e. The van der Waals surface area contributed by atoms with Gasteiger partial charge < -0.3 is 0 Å². The highest BCUT2D eigenvalue weighted by molar-refractivity contribution is 5.75. The van der Waals surface area contributed by atoms with E-state index in [1.54, 1.807) is 30.4 Å². The molecule has 2 rings (SSSR count). The third-order valence-corrected chi connectivity index (χ3v) is 4.44. The molecule has 138 valence electrons. The molecule has 0 radical (unpaired) electrons. The molecule has 0 saturated carbocycles. The first-order valence-electron chi connectivity index (χ1n) is 8.76. The van der Waals surface area contributed by atoms with Crippen LogP contribution >= 0.6 is 0 Å². The quantitative estimate of drug-likeness (QED) is 0.367. The fourth-order valence-corrected chi connectivity index (χ4v) is 3.13. The molecule has 1 unspecified atom stereocenters. The van der Waals surface area contributed by atoms with Gasteiger partial charge in [-0.3, -0.25) is 4.74 Å². The van der Waals surface area contributed by atoms with Crippen LogP contribution in [0, 0.1) is 5.82 Å². The zero-order valence-electron chi connectivity index (χ0n) is 14.4. The average Bonchev–Trinajstić information content (AvgIpc) is 2.55. The van der Waals surface area contributed by atoms with Gasteiger partial charge in [0.15, 0.2) is 0 Å². The van der Waals surface area contributed by atoms with E-state index in [1.807, 2.05) is 0 Å². The second-order valence-electron chi connectivity index (χ2n) is 6.45. The van der Waals surface area contributed by atoms with Gasteiger partial charge in [-0.05, 0) is 24.5 Å². The van der Waals surface area contributed by atoms with Gasteiger partial charge in [-0.25, -0.2) is 4.39 Å². The molecule has 1 aromatic rings. The van der Waals surface area contributed by atoms with Gasteiger partial charge in [0.05, 0.1) is 5.60 Å². The summed E-state index contributed by atoms with van der Waals surface area (Å²) in [5.41, 5.74) is -0.410. The zero-order valence-corrected chi connectivity index (χ0v) is 14.4. The summed E-state index contributed by atoms with van der Waals surface area (Å²) in [4.78, 5) is 0. The lowest BCUT2D eigenvalue weighted by Crippen LogP contribution is -2.37. The molecule has 0 fully saturated rings. The van der Waals surface area contributed by atoms with Crippen LogP contribution in [0.3, 0.4) is 0 Å². The molecule has 0 amide bonds. The van der Waals surface area contributed by atoms with Crippen molar-refractivity contribution in [1.29, 1.82) is 0 Å². The van der Waals surface area contributed by atoms with Crippen LogP contribution in [-0.4, -0.2) is 12.0 Å². The topological polar surface area (TPSA) is 9.23 Å². The van der Waals surface area contributed by atoms with Crippen molar-refractivity contribution in [2.24, 2.45) is 0 Å². The van der Waals surface area contributed by atoms with E-state index in [4.69, 9.17) is 0 Å². The number of unbranched alkanes of at least 4 members (excludes halogenated alkanes) is 4. The van der Waals surface area contributed by atoms with Crippen molar-refractivity contribution in [3.05, 3.63) is 53.9 Å². The molecule has 0 N–H and O–H groups in total. The van der Waals surface area contributed by atoms with Gasteiger partial charge in [-0.2, -0.15) is 0 Å². The number of hydrogen-bond acceptors (Lipinski definition) is 1. The minimum Gasteiger partial charge on any atom is -0.281 e. The molecule has 0 aromatic heterocycles. The van der Waals surface area contributed by atoms with E-state index in [0.29, 0.717) is 24.0 Å². The molecule has 0 heterocycles. The predicted octanol–water partition coefficient (Wildman–Crippen LogP) is 6.80. The van der Waals surface area contributed by atoms with Gasteiger partial charge in [-0.1, -0.05) is 75.5 Å². The van der Waals surface area contributed by atoms with Crippen molar-refractivity contribution in [2.45, 2.75) is 63.8 Å². The highest BCUT2D eigenvalue weighted by Gasteiger charge is 2.42. The number of benzene rings is 1. The average molecular weight is 356 g/mol. The largest absolute Gasteiger partial charge is 0.523 e. The fourth-order valence-electron chi connectivity index (χ4n) is 3.13. The number of hydrogen-bond donors (Lipinski definition) is 0. The van der Waals surface area contributed by atoms with Crippen LogP contribution < -0.4 is 0 Å². The Bertz CT molecular complexity index is 618. The first-order valence-corrected chi connectivity index (χ1v) is 8.76. The molecule has 0 spiro atoms. The molecular formula is C20H24F4O. The van der Waals surface area contributed by atoms with Crippen molar-refractivity contribution in [1.82, 2.24) is 0 Å². The molecule has 5 heteroatoms. The molecule has 1 aromatic carbocycles. The van der Waals surface area contributed by atoms with Gasteiger partial charge in [0.2, 0.25) is 0 Å². The Kier molecular flexibility index (Phi) is 6.82. The molecule has 1 nitrogen and oxygen atoms in total. The molecule has 1 aliphatic rings. The van der Waals surface area contributed by atoms with Crippen LogP contribution in [0.1, 0.15) is 57.4 Å². The molecule has 0 aliphatic heterocycles. The van der Waals surface area contributed by atoms with Crippen LogP contribution in [0.5, 0.6) is 0 Å². The van der Waals surface area contributed by atoms with Crippen molar-refractivity contribution >= 4 is 5.57 Å². The number of rotatable bonds is 8. The second kappa shape index (κ2) is 8.65. The van der Waals surface area contributed by atoms with Crippen molar-refractivity contribution < 1.29 is 22.3 Å². The van der Waals surface area contributed by atoms with Gasteiger partial charge in [0.1, 0.15) is 5.82 Å². The standard InChI is InChI=1S/C20H24F4O/c1-2-3-4-5-8-13-19(25-20(22,23)24)14-11-16(12-15-19)17-9-6-7-10-18(17)21/h6-7,9-12,14H,2-5,8,13,15H2,1H3. The Morgan fingerprint density at radius 1 is 1.08 bits per heavy atom. The van der Waals surface area contributed by atoms with Crippen molar-refractivity contribution in [3.63, 3.8) is 0 Å². The maximum atomic E-state index is 13.9. The lowest BCUT2D eigenvalue weighted by molar-refractivity contribution is -0.359. The lowest BCUT2D eigenvalue weighted by atomic mass is 9.85. The first kappa shape index (κ1) is 19.7. The van der Waals surface area contributed by atoms with E-state index in [1.165, 1.54) is 12.1 Å². The van der Waals surface area contributed by atoms with E-state index < -0.39 is 12.0 Å². The Balaban J connectivity index is 2.09.